The van der Waals surface area contributed by atoms with E-state index in [2.05, 4.69) is 15.9 Å². The normalized spacial score (nSPS) is 27.3. The number of halogens is 1. The van der Waals surface area contributed by atoms with E-state index in [0.717, 1.165) is 52.3 Å². The number of aliphatic hydroxyl groups is 14. The van der Waals surface area contributed by atoms with Crippen LogP contribution in [0.15, 0.2) is 152 Å². The first kappa shape index (κ1) is 113. The van der Waals surface area contributed by atoms with Gasteiger partial charge in [0.2, 0.25) is 0 Å². The minimum absolute atomic E-state index is 0.0340. The molecule has 15 N–H and O–H groups in total. The van der Waals surface area contributed by atoms with E-state index in [-0.39, 0.29) is 96.9 Å². The Bertz CT molecular complexity index is 3790. The Morgan fingerprint density at radius 1 is 0.346 bits per heavy atom. The molecule has 8 heterocycles. The van der Waals surface area contributed by atoms with Gasteiger partial charge in [0.1, 0.15) is 17.5 Å². The van der Waals surface area contributed by atoms with Crippen molar-refractivity contribution in [3.8, 4) is 0 Å². The minimum Gasteiger partial charge on any atom is -0.481 e. The number of carbonyl (C=O) groups is 2. The largest absolute Gasteiger partial charge is 0.481 e. The molecule has 37 nitrogen and oxygen atoms in total. The number of rotatable bonds is 50. The average Bonchev–Trinajstić information content (AvgIpc) is 1.59. The number of ether oxygens (including phenoxy) is 20. The topological polar surface area (TPSA) is 522 Å². The molecule has 0 spiro atoms. The highest BCUT2D eigenvalue weighted by Gasteiger charge is 2.57. The lowest BCUT2D eigenvalue weighted by Gasteiger charge is -2.42. The maximum absolute atomic E-state index is 10.4. The lowest BCUT2D eigenvalue weighted by Crippen LogP contribution is -2.49. The number of benzene rings is 5. The zero-order valence-corrected chi connectivity index (χ0v) is 77.8. The molecule has 0 atom stereocenters. The van der Waals surface area contributed by atoms with Crippen LogP contribution in [-0.4, -0.2) is 368 Å². The molecule has 38 heteroatoms. The maximum atomic E-state index is 10.4. The number of carbonyl (C=O) groups excluding carboxylic acids is 1. The first-order valence-corrected chi connectivity index (χ1v) is 45.7. The average molecular weight is 1960 g/mol. The maximum Gasteiger partial charge on any atom is 0.303 e. The Morgan fingerprint density at radius 2 is 0.609 bits per heavy atom. The van der Waals surface area contributed by atoms with E-state index in [1.807, 2.05) is 153 Å². The molecule has 0 amide bonds. The molecule has 0 aliphatic carbocycles. The van der Waals surface area contributed by atoms with Gasteiger partial charge in [-0.25, -0.2) is 0 Å². The molecule has 8 aliphatic rings. The number of alkyl halides is 1. The van der Waals surface area contributed by atoms with Crippen molar-refractivity contribution in [3.63, 3.8) is 0 Å². The third-order valence-corrected chi connectivity index (χ3v) is 24.1. The van der Waals surface area contributed by atoms with Crippen molar-refractivity contribution in [2.75, 3.05) is 256 Å². The van der Waals surface area contributed by atoms with Gasteiger partial charge in [0.15, 0.2) is 25.2 Å². The summed E-state index contributed by atoms with van der Waals surface area (Å²) in [5.74, 6) is -2.58. The minimum atomic E-state index is -1.20. The highest BCUT2D eigenvalue weighted by molar-refractivity contribution is 9.09. The molecule has 8 aliphatic heterocycles. The third-order valence-electron chi connectivity index (χ3n) is 23.6. The molecule has 5 aromatic rings. The third kappa shape index (κ3) is 34.4. The molecule has 0 unspecified atom stereocenters. The lowest BCUT2D eigenvalue weighted by molar-refractivity contribution is -0.303. The summed E-state index contributed by atoms with van der Waals surface area (Å²) >= 11 is 3.37. The summed E-state index contributed by atoms with van der Waals surface area (Å²) in [7, 11) is 0. The molecule has 133 heavy (non-hydrogen) atoms. The Balaban J connectivity index is 0.000000211. The fraction of sp³-hybridized carbons (Fsp3) is 0.663. The number of aldehydes is 1. The van der Waals surface area contributed by atoms with Gasteiger partial charge in [0, 0.05) is 65.6 Å². The van der Waals surface area contributed by atoms with Gasteiger partial charge in [-0.15, -0.1) is 0 Å². The van der Waals surface area contributed by atoms with E-state index in [9.17, 15) is 50.4 Å². The summed E-state index contributed by atoms with van der Waals surface area (Å²) in [5, 5.41) is 140. The van der Waals surface area contributed by atoms with Crippen LogP contribution in [0.4, 0.5) is 0 Å². The van der Waals surface area contributed by atoms with Crippen molar-refractivity contribution < 1.29 is 181 Å². The molecule has 0 saturated carbocycles. The van der Waals surface area contributed by atoms with Gasteiger partial charge in [0.05, 0.1) is 281 Å². The summed E-state index contributed by atoms with van der Waals surface area (Å²) in [4.78, 5) is 20.4. The first-order chi connectivity index (χ1) is 64.2. The number of hydrogen-bond acceptors (Lipinski definition) is 36. The molecule has 0 radical (unpaired) electrons. The summed E-state index contributed by atoms with van der Waals surface area (Å²) in [6, 6.07) is 48.2. The van der Waals surface area contributed by atoms with Crippen LogP contribution in [0.1, 0.15) is 110 Å². The lowest BCUT2D eigenvalue weighted by atomic mass is 9.89. The van der Waals surface area contributed by atoms with E-state index in [4.69, 9.17) is 130 Å². The molecule has 8 fully saturated rings. The van der Waals surface area contributed by atoms with Crippen molar-refractivity contribution in [1.29, 1.82) is 0 Å². The molecule has 750 valence electrons. The van der Waals surface area contributed by atoms with Crippen LogP contribution in [-0.2, 0) is 99.5 Å². The van der Waals surface area contributed by atoms with E-state index in [1.54, 1.807) is 12.1 Å². The van der Waals surface area contributed by atoms with Gasteiger partial charge in [-0.1, -0.05) is 168 Å². The fourth-order valence-corrected chi connectivity index (χ4v) is 14.5. The molecule has 0 aromatic heterocycles. The van der Waals surface area contributed by atoms with E-state index < -0.39 is 159 Å². The van der Waals surface area contributed by atoms with Crippen molar-refractivity contribution in [3.05, 3.63) is 179 Å². The van der Waals surface area contributed by atoms with Crippen LogP contribution in [0, 0.1) is 43.3 Å². The Morgan fingerprint density at radius 3 is 0.872 bits per heavy atom. The number of aliphatic hydroxyl groups excluding tert-OH is 14. The van der Waals surface area contributed by atoms with Gasteiger partial charge < -0.3 is 171 Å². The zero-order chi connectivity index (χ0) is 96.1. The number of carboxylic acid groups (broad SMARTS) is 1. The van der Waals surface area contributed by atoms with Crippen molar-refractivity contribution in [2.24, 2.45) is 43.3 Å². The van der Waals surface area contributed by atoms with Gasteiger partial charge in [0.25, 0.3) is 11.9 Å². The van der Waals surface area contributed by atoms with Crippen molar-refractivity contribution >= 4 is 28.2 Å². The van der Waals surface area contributed by atoms with Crippen molar-refractivity contribution in [1.82, 2.24) is 0 Å². The smallest absolute Gasteiger partial charge is 0.303 e. The second kappa shape index (κ2) is 56.6. The predicted molar refractivity (Wildman–Crippen MR) is 477 cm³/mol. The van der Waals surface area contributed by atoms with E-state index in [1.165, 1.54) is 0 Å². The Hall–Kier alpha value is -5.64. The van der Waals surface area contributed by atoms with Crippen LogP contribution in [0.2, 0.25) is 0 Å². The molecule has 13 rings (SSSR count). The predicted octanol–water partition coefficient (Wildman–Crippen LogP) is 4.10. The van der Waals surface area contributed by atoms with Gasteiger partial charge in [-0.05, 0) is 33.1 Å². The van der Waals surface area contributed by atoms with Crippen LogP contribution in [0.3, 0.4) is 0 Å². The van der Waals surface area contributed by atoms with Crippen LogP contribution >= 0.6 is 15.9 Å². The van der Waals surface area contributed by atoms with Crippen molar-refractivity contribution in [2.45, 2.75) is 101 Å². The van der Waals surface area contributed by atoms with E-state index >= 15 is 0 Å². The summed E-state index contributed by atoms with van der Waals surface area (Å²) in [5.41, 5.74) is -3.09. The number of aliphatic carboxylic acids is 1. The first-order valence-electron chi connectivity index (χ1n) is 44.6. The molecular weight excluding hydrogens is 1810 g/mol. The zero-order valence-electron chi connectivity index (χ0n) is 76.2. The summed E-state index contributed by atoms with van der Waals surface area (Å²) in [6.07, 6.45) is 2.46. The quantitative estimate of drug-likeness (QED) is 0.0148. The summed E-state index contributed by atoms with van der Waals surface area (Å²) < 4.78 is 116. The monoisotopic (exact) mass is 1950 g/mol. The molecule has 5 aromatic carbocycles. The second-order valence-corrected chi connectivity index (χ2v) is 37.1. The summed E-state index contributed by atoms with van der Waals surface area (Å²) in [6.45, 7) is 5.36. The number of hydrogen-bond donors (Lipinski definition) is 15. The van der Waals surface area contributed by atoms with Crippen LogP contribution in [0.5, 0.6) is 0 Å². The van der Waals surface area contributed by atoms with Gasteiger partial charge >= 0.3 is 5.97 Å². The van der Waals surface area contributed by atoms with Crippen LogP contribution < -0.4 is 0 Å². The molecule has 8 saturated heterocycles. The highest BCUT2D eigenvalue weighted by Crippen LogP contribution is 2.45. The Kier molecular flexibility index (Phi) is 47.9. The second-order valence-electron chi connectivity index (χ2n) is 36.3. The van der Waals surface area contributed by atoms with E-state index in [0.29, 0.717) is 118 Å². The molecular formula is C95H141BrO37. The fourth-order valence-electron chi connectivity index (χ4n) is 14.2. The van der Waals surface area contributed by atoms with Crippen LogP contribution in [0.25, 0.3) is 0 Å². The number of fused-ring (bicyclic) bond motifs is 4. The Labute approximate surface area is 785 Å². The van der Waals surface area contributed by atoms with Gasteiger partial charge in [-0.2, -0.15) is 0 Å². The molecule has 4 bridgehead atoms. The standard InChI is InChI=1S/C32H42O10.C24H30O7.C14H28O9.C10H22O7.C8H13BrO3.C7H6O/c1-29-16-40-32(42-29,41-17-29)13-8-14-34-19-31(23-38-28(39-24-31)26-11-6-3-7-12-26)20-35-18-30(15-33)21-36-27(37-22-30)25-9-4-2-5-10-25;25-11-23(15-28-21(29-16-23)19-7-3-1-4-8-19)13-27-14-24(12-26)17-30-22(31-18-24)20-9-5-2-6-10-20;15-4-13(5-16,6-17)9-23-11-14(7-18,8-19)10-22-3-1-2-12(20)21;11-1-9(2-12,3-13)7-17-8-10(4-14,5-15)6-16;1-7-5-10-8(12-7,11-6-7)3-2-4-9;8-6-7-4-2-1-3-5-7/h2-7,9-12,27-28,33H,8,13-24H2,1H3;1-10,21-22,25-26H,11-18H2;15-19H,1-11H2,(H,20,21);11-16H,1-8H2;2-6H2,1H3;1-6H. The SMILES string of the molecule is CC12COC(CCCBr)(OC1)O2.CC12COC(CCCOCC3(COCC4(CO)COC(c5ccccc5)OC4)COC(c4ccccc4)OC3)(OC1)O2.O=C(O)CCCOCC(CO)(CO)COCC(CO)(CO)CO.O=Cc1ccccc1.OCC(CO)(CO)COCC(CO)(CO)CO.OCC1(COCC2(CO)COC(c3ccccc3)OC2)COC(c2ccccc2)OC1. The van der Waals surface area contributed by atoms with Gasteiger partial charge in [-0.3, -0.25) is 9.59 Å². The highest BCUT2D eigenvalue weighted by atomic mass is 79.9. The number of carboxylic acids is 1.